The number of hydrogen-bond acceptors (Lipinski definition) is 3. The Kier molecular flexibility index (Phi) is 7.03. The maximum absolute atomic E-state index is 11.5. The summed E-state index contributed by atoms with van der Waals surface area (Å²) in [7, 11) is 1.55. The Morgan fingerprint density at radius 3 is 2.78 bits per heavy atom. The van der Waals surface area contributed by atoms with E-state index < -0.39 is 6.09 Å². The number of alkyl halides is 1. The van der Waals surface area contributed by atoms with E-state index in [-0.39, 0.29) is 0 Å². The highest BCUT2D eigenvalue weighted by atomic mass is 35.5. The molecule has 0 bridgehead atoms. The number of unbranched alkanes of at least 4 members (excludes halogenated alkanes) is 2. The minimum Gasteiger partial charge on any atom is -0.495 e. The first-order valence-corrected chi connectivity index (χ1v) is 6.44. The summed E-state index contributed by atoms with van der Waals surface area (Å²) in [5.41, 5.74) is 0.603. The molecule has 0 aliphatic heterocycles. The summed E-state index contributed by atoms with van der Waals surface area (Å²) in [5, 5.41) is 2.64. The number of rotatable bonds is 7. The molecule has 1 amide bonds. The first-order valence-electron chi connectivity index (χ1n) is 5.90. The van der Waals surface area contributed by atoms with Crippen LogP contribution >= 0.6 is 11.6 Å². The van der Waals surface area contributed by atoms with Gasteiger partial charge >= 0.3 is 6.09 Å². The third-order valence-electron chi connectivity index (χ3n) is 2.35. The molecule has 0 aliphatic carbocycles. The van der Waals surface area contributed by atoms with Gasteiger partial charge in [0.15, 0.2) is 0 Å². The molecule has 0 saturated carbocycles. The van der Waals surface area contributed by atoms with E-state index in [1.165, 1.54) is 0 Å². The van der Waals surface area contributed by atoms with Gasteiger partial charge in [0.25, 0.3) is 0 Å². The van der Waals surface area contributed by atoms with E-state index in [0.29, 0.717) is 23.9 Å². The topological polar surface area (TPSA) is 47.6 Å². The van der Waals surface area contributed by atoms with Crippen molar-refractivity contribution in [3.8, 4) is 5.75 Å². The van der Waals surface area contributed by atoms with Crippen LogP contribution in [0.4, 0.5) is 10.5 Å². The van der Waals surface area contributed by atoms with Gasteiger partial charge in [0.1, 0.15) is 5.75 Å². The molecule has 1 rings (SSSR count). The second kappa shape index (κ2) is 8.64. The van der Waals surface area contributed by atoms with E-state index in [4.69, 9.17) is 21.1 Å². The standard InChI is InChI=1S/C13H18ClNO3/c1-17-12-8-4-3-7-11(12)15-13(16)18-10-6-2-5-9-14/h3-4,7-8H,2,5-6,9-10H2,1H3,(H,15,16). The van der Waals surface area contributed by atoms with Gasteiger partial charge in [0.2, 0.25) is 0 Å². The molecule has 0 aliphatic rings. The number of ether oxygens (including phenoxy) is 2. The van der Waals surface area contributed by atoms with Crippen LogP contribution in [0.1, 0.15) is 19.3 Å². The fraction of sp³-hybridized carbons (Fsp3) is 0.462. The third-order valence-corrected chi connectivity index (χ3v) is 2.62. The Balaban J connectivity index is 2.31. The minimum atomic E-state index is -0.467. The monoisotopic (exact) mass is 271 g/mol. The fourth-order valence-corrected chi connectivity index (χ4v) is 1.62. The molecule has 0 spiro atoms. The molecule has 0 fully saturated rings. The van der Waals surface area contributed by atoms with Gasteiger partial charge in [-0.1, -0.05) is 12.1 Å². The largest absolute Gasteiger partial charge is 0.495 e. The molecule has 18 heavy (non-hydrogen) atoms. The van der Waals surface area contributed by atoms with Crippen LogP contribution in [0.3, 0.4) is 0 Å². The predicted molar refractivity (Wildman–Crippen MR) is 72.5 cm³/mol. The fourth-order valence-electron chi connectivity index (χ4n) is 1.43. The number of halogens is 1. The molecular formula is C13H18ClNO3. The first-order chi connectivity index (χ1) is 8.77. The average molecular weight is 272 g/mol. The summed E-state index contributed by atoms with van der Waals surface area (Å²) in [5.74, 6) is 1.25. The number of carbonyl (C=O) groups excluding carboxylic acids is 1. The van der Waals surface area contributed by atoms with Crippen LogP contribution < -0.4 is 10.1 Å². The zero-order chi connectivity index (χ0) is 13.2. The molecule has 0 saturated heterocycles. The van der Waals surface area contributed by atoms with Crippen LogP contribution in [0.15, 0.2) is 24.3 Å². The Bertz CT molecular complexity index is 371. The van der Waals surface area contributed by atoms with Crippen molar-refractivity contribution in [3.63, 3.8) is 0 Å². The number of para-hydroxylation sites is 2. The molecule has 0 aromatic heterocycles. The molecule has 4 nitrogen and oxygen atoms in total. The lowest BCUT2D eigenvalue weighted by molar-refractivity contribution is 0.159. The number of benzene rings is 1. The van der Waals surface area contributed by atoms with Gasteiger partial charge in [0, 0.05) is 5.88 Å². The van der Waals surface area contributed by atoms with Crippen molar-refractivity contribution >= 4 is 23.4 Å². The molecule has 0 unspecified atom stereocenters. The Hall–Kier alpha value is -1.42. The van der Waals surface area contributed by atoms with Gasteiger partial charge in [0.05, 0.1) is 19.4 Å². The van der Waals surface area contributed by atoms with Gasteiger partial charge in [-0.05, 0) is 31.4 Å². The number of methoxy groups -OCH3 is 1. The molecule has 100 valence electrons. The summed E-state index contributed by atoms with van der Waals surface area (Å²) in [4.78, 5) is 11.5. The van der Waals surface area contributed by atoms with Crippen molar-refractivity contribution in [2.45, 2.75) is 19.3 Å². The Labute approximate surface area is 112 Å². The predicted octanol–water partition coefficient (Wildman–Crippen LogP) is 3.65. The van der Waals surface area contributed by atoms with Crippen molar-refractivity contribution in [3.05, 3.63) is 24.3 Å². The second-order valence-electron chi connectivity index (χ2n) is 3.71. The van der Waals surface area contributed by atoms with Crippen molar-refractivity contribution in [2.75, 3.05) is 24.9 Å². The maximum Gasteiger partial charge on any atom is 0.411 e. The summed E-state index contributed by atoms with van der Waals surface area (Å²) in [6.45, 7) is 0.401. The lowest BCUT2D eigenvalue weighted by Crippen LogP contribution is -2.14. The lowest BCUT2D eigenvalue weighted by atomic mass is 10.3. The van der Waals surface area contributed by atoms with Crippen LogP contribution in [-0.4, -0.2) is 25.7 Å². The van der Waals surface area contributed by atoms with Crippen LogP contribution in [0.5, 0.6) is 5.75 Å². The van der Waals surface area contributed by atoms with Crippen LogP contribution in [0.25, 0.3) is 0 Å². The SMILES string of the molecule is COc1ccccc1NC(=O)OCCCCCCl. The van der Waals surface area contributed by atoms with Gasteiger partial charge in [-0.2, -0.15) is 0 Å². The number of carbonyl (C=O) groups is 1. The van der Waals surface area contributed by atoms with E-state index >= 15 is 0 Å². The minimum absolute atomic E-state index is 0.401. The summed E-state index contributed by atoms with van der Waals surface area (Å²) in [6.07, 6.45) is 2.27. The second-order valence-corrected chi connectivity index (χ2v) is 4.09. The normalized spacial score (nSPS) is 9.89. The van der Waals surface area contributed by atoms with Gasteiger partial charge in [-0.3, -0.25) is 5.32 Å². The number of amides is 1. The van der Waals surface area contributed by atoms with Crippen LogP contribution in [-0.2, 0) is 4.74 Å². The first kappa shape index (κ1) is 14.6. The summed E-state index contributed by atoms with van der Waals surface area (Å²) < 4.78 is 10.2. The Morgan fingerprint density at radius 1 is 1.28 bits per heavy atom. The number of nitrogens with one attached hydrogen (secondary N) is 1. The zero-order valence-electron chi connectivity index (χ0n) is 10.4. The van der Waals surface area contributed by atoms with Crippen molar-refractivity contribution in [2.24, 2.45) is 0 Å². The molecule has 0 atom stereocenters. The highest BCUT2D eigenvalue weighted by Gasteiger charge is 2.06. The van der Waals surface area contributed by atoms with E-state index in [0.717, 1.165) is 19.3 Å². The van der Waals surface area contributed by atoms with E-state index in [1.54, 1.807) is 19.2 Å². The highest BCUT2D eigenvalue weighted by molar-refractivity contribution is 6.17. The van der Waals surface area contributed by atoms with E-state index in [1.807, 2.05) is 12.1 Å². The highest BCUT2D eigenvalue weighted by Crippen LogP contribution is 2.22. The molecule has 1 aromatic rings. The maximum atomic E-state index is 11.5. The van der Waals surface area contributed by atoms with Crippen molar-refractivity contribution in [1.29, 1.82) is 0 Å². The summed E-state index contributed by atoms with van der Waals surface area (Å²) in [6, 6.07) is 7.18. The molecule has 5 heteroatoms. The van der Waals surface area contributed by atoms with Crippen molar-refractivity contribution in [1.82, 2.24) is 0 Å². The quantitative estimate of drug-likeness (QED) is 0.608. The molecule has 1 N–H and O–H groups in total. The number of anilines is 1. The smallest absolute Gasteiger partial charge is 0.411 e. The van der Waals surface area contributed by atoms with Crippen LogP contribution in [0.2, 0.25) is 0 Å². The average Bonchev–Trinajstić information content (AvgIpc) is 2.39. The molecular weight excluding hydrogens is 254 g/mol. The summed E-state index contributed by atoms with van der Waals surface area (Å²) >= 11 is 5.55. The molecule has 0 radical (unpaired) electrons. The van der Waals surface area contributed by atoms with Crippen molar-refractivity contribution < 1.29 is 14.3 Å². The molecule has 0 heterocycles. The lowest BCUT2D eigenvalue weighted by Gasteiger charge is -2.10. The zero-order valence-corrected chi connectivity index (χ0v) is 11.2. The van der Waals surface area contributed by atoms with Crippen LogP contribution in [0, 0.1) is 0 Å². The number of hydrogen-bond donors (Lipinski definition) is 1. The van der Waals surface area contributed by atoms with E-state index in [2.05, 4.69) is 5.32 Å². The van der Waals surface area contributed by atoms with Gasteiger partial charge < -0.3 is 9.47 Å². The van der Waals surface area contributed by atoms with Gasteiger partial charge in [-0.15, -0.1) is 11.6 Å². The van der Waals surface area contributed by atoms with Gasteiger partial charge in [-0.25, -0.2) is 4.79 Å². The third kappa shape index (κ3) is 5.27. The molecule has 1 aromatic carbocycles. The van der Waals surface area contributed by atoms with E-state index in [9.17, 15) is 4.79 Å². The Morgan fingerprint density at radius 2 is 2.06 bits per heavy atom.